The number of alkyl halides is 1. The second-order valence-electron chi connectivity index (χ2n) is 5.76. The predicted octanol–water partition coefficient (Wildman–Crippen LogP) is 4.83. The van der Waals surface area contributed by atoms with Crippen LogP contribution >= 0.6 is 15.9 Å². The van der Waals surface area contributed by atoms with Gasteiger partial charge in [-0.2, -0.15) is 0 Å². The highest BCUT2D eigenvalue weighted by Crippen LogP contribution is 2.33. The van der Waals surface area contributed by atoms with Gasteiger partial charge in [-0.25, -0.2) is 0 Å². The first-order valence-electron chi connectivity index (χ1n) is 7.13. The molecule has 0 bridgehead atoms. The third kappa shape index (κ3) is 4.07. The number of nitrogens with one attached hydrogen (secondary N) is 1. The molecule has 1 amide bonds. The molecule has 1 N–H and O–H groups in total. The van der Waals surface area contributed by atoms with E-state index in [2.05, 4.69) is 53.3 Å². The highest BCUT2D eigenvalue weighted by atomic mass is 79.9. The Morgan fingerprint density at radius 3 is 2.79 bits per heavy atom. The predicted molar refractivity (Wildman–Crippen MR) is 83.7 cm³/mol. The molecule has 2 nitrogen and oxygen atoms in total. The lowest BCUT2D eigenvalue weighted by Gasteiger charge is -2.15. The van der Waals surface area contributed by atoms with Gasteiger partial charge in [0.1, 0.15) is 0 Å². The van der Waals surface area contributed by atoms with Gasteiger partial charge in [0.25, 0.3) is 0 Å². The molecule has 1 unspecified atom stereocenters. The number of hydrogen-bond acceptors (Lipinski definition) is 1. The van der Waals surface area contributed by atoms with Crippen molar-refractivity contribution in [2.75, 3.05) is 5.32 Å². The van der Waals surface area contributed by atoms with E-state index in [9.17, 15) is 4.79 Å². The summed E-state index contributed by atoms with van der Waals surface area (Å²) in [5.74, 6) is 0.877. The lowest BCUT2D eigenvalue weighted by atomic mass is 9.99. The van der Waals surface area contributed by atoms with Crippen molar-refractivity contribution in [3.8, 4) is 0 Å². The molecule has 1 aromatic rings. The van der Waals surface area contributed by atoms with E-state index in [1.165, 1.54) is 17.5 Å². The number of hydrogen-bond donors (Lipinski definition) is 1. The molecule has 0 aliphatic carbocycles. The highest BCUT2D eigenvalue weighted by molar-refractivity contribution is 9.09. The fourth-order valence-corrected chi connectivity index (χ4v) is 2.98. The molecule has 1 aliphatic heterocycles. The van der Waals surface area contributed by atoms with Gasteiger partial charge >= 0.3 is 0 Å². The maximum atomic E-state index is 11.5. The zero-order valence-electron chi connectivity index (χ0n) is 11.7. The Hall–Kier alpha value is -0.830. The first kappa shape index (κ1) is 14.6. The minimum atomic E-state index is 0.140. The van der Waals surface area contributed by atoms with Gasteiger partial charge < -0.3 is 5.32 Å². The number of halogens is 1. The molecule has 1 aliphatic rings. The maximum absolute atomic E-state index is 11.5. The van der Waals surface area contributed by atoms with Crippen LogP contribution in [-0.4, -0.2) is 5.91 Å². The van der Waals surface area contributed by atoms with Gasteiger partial charge in [0.15, 0.2) is 0 Å². The van der Waals surface area contributed by atoms with Crippen LogP contribution < -0.4 is 5.32 Å². The first-order chi connectivity index (χ1) is 9.06. The molecule has 0 aromatic heterocycles. The third-order valence-corrected chi connectivity index (χ3v) is 4.60. The van der Waals surface area contributed by atoms with Crippen molar-refractivity contribution in [1.82, 2.24) is 0 Å². The number of anilines is 1. The molecule has 3 heteroatoms. The molecule has 0 saturated carbocycles. The Bertz CT molecular complexity index is 456. The van der Waals surface area contributed by atoms with Crippen molar-refractivity contribution in [2.45, 2.75) is 50.8 Å². The second-order valence-corrected chi connectivity index (χ2v) is 6.86. The van der Waals surface area contributed by atoms with E-state index < -0.39 is 0 Å². The third-order valence-electron chi connectivity index (χ3n) is 3.61. The van der Waals surface area contributed by atoms with E-state index in [0.29, 0.717) is 11.2 Å². The van der Waals surface area contributed by atoms with Crippen LogP contribution in [0.4, 0.5) is 5.69 Å². The summed E-state index contributed by atoms with van der Waals surface area (Å²) in [7, 11) is 0. The lowest BCUT2D eigenvalue weighted by Crippen LogP contribution is -2.09. The van der Waals surface area contributed by atoms with Crippen LogP contribution in [-0.2, 0) is 11.2 Å². The summed E-state index contributed by atoms with van der Waals surface area (Å²) in [4.78, 5) is 11.9. The fraction of sp³-hybridized carbons (Fsp3) is 0.562. The molecular formula is C16H22BrNO. The number of aryl methyl sites for hydroxylation is 1. The molecule has 19 heavy (non-hydrogen) atoms. The van der Waals surface area contributed by atoms with Crippen molar-refractivity contribution >= 4 is 27.5 Å². The van der Waals surface area contributed by atoms with Crippen molar-refractivity contribution in [3.05, 3.63) is 29.3 Å². The Labute approximate surface area is 124 Å². The molecule has 1 heterocycles. The van der Waals surface area contributed by atoms with Gasteiger partial charge in [-0.3, -0.25) is 4.79 Å². The highest BCUT2D eigenvalue weighted by Gasteiger charge is 2.15. The minimum Gasteiger partial charge on any atom is -0.326 e. The van der Waals surface area contributed by atoms with Crippen LogP contribution in [0, 0.1) is 5.92 Å². The smallest absolute Gasteiger partial charge is 0.224 e. The largest absolute Gasteiger partial charge is 0.326 e. The number of carbonyl (C=O) groups excluding carboxylic acids is 1. The van der Waals surface area contributed by atoms with Crippen molar-refractivity contribution in [1.29, 1.82) is 0 Å². The van der Waals surface area contributed by atoms with Gasteiger partial charge in [0.05, 0.1) is 0 Å². The monoisotopic (exact) mass is 323 g/mol. The standard InChI is InChI=1S/C16H22BrNO/c1-11(2)6-8-14(17)12-7-9-15-13(10-12)4-3-5-16(19)18-15/h7,9-11,14H,3-6,8H2,1-2H3,(H,18,19). The number of amides is 1. The van der Waals surface area contributed by atoms with Gasteiger partial charge in [0.2, 0.25) is 5.91 Å². The minimum absolute atomic E-state index is 0.140. The van der Waals surface area contributed by atoms with E-state index in [1.807, 2.05) is 0 Å². The number of rotatable bonds is 4. The van der Waals surface area contributed by atoms with E-state index in [4.69, 9.17) is 0 Å². The average molecular weight is 324 g/mol. The zero-order chi connectivity index (χ0) is 13.8. The molecule has 0 spiro atoms. The van der Waals surface area contributed by atoms with Gasteiger partial charge in [-0.1, -0.05) is 41.9 Å². The van der Waals surface area contributed by atoms with Gasteiger partial charge in [-0.15, -0.1) is 0 Å². The van der Waals surface area contributed by atoms with Gasteiger partial charge in [0, 0.05) is 16.9 Å². The second kappa shape index (κ2) is 6.56. The van der Waals surface area contributed by atoms with Crippen LogP contribution in [0.3, 0.4) is 0 Å². The number of carbonyl (C=O) groups is 1. The van der Waals surface area contributed by atoms with Crippen LogP contribution in [0.15, 0.2) is 18.2 Å². The topological polar surface area (TPSA) is 29.1 Å². The molecule has 104 valence electrons. The fourth-order valence-electron chi connectivity index (χ4n) is 2.44. The van der Waals surface area contributed by atoms with Crippen molar-refractivity contribution < 1.29 is 4.79 Å². The summed E-state index contributed by atoms with van der Waals surface area (Å²) in [6.45, 7) is 4.51. The maximum Gasteiger partial charge on any atom is 0.224 e. The van der Waals surface area contributed by atoms with Crippen LogP contribution in [0.5, 0.6) is 0 Å². The number of benzene rings is 1. The van der Waals surface area contributed by atoms with Gasteiger partial charge in [-0.05, 0) is 48.8 Å². The van der Waals surface area contributed by atoms with Crippen LogP contribution in [0.25, 0.3) is 0 Å². The summed E-state index contributed by atoms with van der Waals surface area (Å²) >= 11 is 3.79. The zero-order valence-corrected chi connectivity index (χ0v) is 13.3. The molecule has 1 atom stereocenters. The summed E-state index contributed by atoms with van der Waals surface area (Å²) in [6.07, 6.45) is 4.95. The van der Waals surface area contributed by atoms with Crippen molar-refractivity contribution in [3.63, 3.8) is 0 Å². The van der Waals surface area contributed by atoms with E-state index >= 15 is 0 Å². The molecule has 0 fully saturated rings. The quantitative estimate of drug-likeness (QED) is 0.790. The average Bonchev–Trinajstić information content (AvgIpc) is 2.55. The Morgan fingerprint density at radius 1 is 1.26 bits per heavy atom. The molecule has 0 radical (unpaired) electrons. The summed E-state index contributed by atoms with van der Waals surface area (Å²) in [5.41, 5.74) is 3.60. The summed E-state index contributed by atoms with van der Waals surface area (Å²) in [6, 6.07) is 6.43. The normalized spacial score (nSPS) is 16.7. The molecule has 2 rings (SSSR count). The van der Waals surface area contributed by atoms with Crippen molar-refractivity contribution in [2.24, 2.45) is 5.92 Å². The van der Waals surface area contributed by atoms with Crippen LogP contribution in [0.2, 0.25) is 0 Å². The Morgan fingerprint density at radius 2 is 2.05 bits per heavy atom. The molecule has 0 saturated heterocycles. The number of fused-ring (bicyclic) bond motifs is 1. The summed E-state index contributed by atoms with van der Waals surface area (Å²) in [5, 5.41) is 2.98. The SMILES string of the molecule is CC(C)CCC(Br)c1ccc2c(c1)CCCC(=O)N2. The van der Waals surface area contributed by atoms with E-state index in [0.717, 1.165) is 30.9 Å². The summed E-state index contributed by atoms with van der Waals surface area (Å²) < 4.78 is 0. The van der Waals surface area contributed by atoms with E-state index in [-0.39, 0.29) is 5.91 Å². The molecular weight excluding hydrogens is 302 g/mol. The molecule has 1 aromatic carbocycles. The Balaban J connectivity index is 2.11. The Kier molecular flexibility index (Phi) is 5.03. The lowest BCUT2D eigenvalue weighted by molar-refractivity contribution is -0.116. The van der Waals surface area contributed by atoms with Crippen LogP contribution in [0.1, 0.15) is 55.5 Å². The first-order valence-corrected chi connectivity index (χ1v) is 8.04. The van der Waals surface area contributed by atoms with E-state index in [1.54, 1.807) is 0 Å².